The number of nitrogens with two attached hydrogens (primary N) is 1. The topological polar surface area (TPSA) is 146 Å². The van der Waals surface area contributed by atoms with Crippen molar-refractivity contribution < 1.29 is 35.0 Å². The molecule has 0 heterocycles. The second kappa shape index (κ2) is 33.3. The van der Waals surface area contributed by atoms with Crippen molar-refractivity contribution in [1.82, 2.24) is 0 Å². The third kappa shape index (κ3) is 51.8. The second-order valence-electron chi connectivity index (χ2n) is 5.99. The Labute approximate surface area is 166 Å². The van der Waals surface area contributed by atoms with Crippen LogP contribution in [0.25, 0.3) is 0 Å². The highest BCUT2D eigenvalue weighted by Crippen LogP contribution is 1.97. The van der Waals surface area contributed by atoms with Gasteiger partial charge in [0.05, 0.1) is 44.7 Å². The van der Waals surface area contributed by atoms with E-state index in [1.54, 1.807) is 13.8 Å². The molecule has 0 bridgehead atoms. The van der Waals surface area contributed by atoms with Gasteiger partial charge in [-0.25, -0.2) is 0 Å². The van der Waals surface area contributed by atoms with E-state index in [-0.39, 0.29) is 38.6 Å². The third-order valence-corrected chi connectivity index (χ3v) is 2.69. The van der Waals surface area contributed by atoms with Crippen molar-refractivity contribution in [3.63, 3.8) is 0 Å². The van der Waals surface area contributed by atoms with Crippen molar-refractivity contribution in [2.75, 3.05) is 46.2 Å². The summed E-state index contributed by atoms with van der Waals surface area (Å²) < 4.78 is 10.5. The third-order valence-electron chi connectivity index (χ3n) is 2.69. The Kier molecular flexibility index (Phi) is 42.2. The number of ether oxygens (including phenoxy) is 2. The molecule has 8 heteroatoms. The molecule has 0 fully saturated rings. The van der Waals surface area contributed by atoms with Gasteiger partial charge in [-0.2, -0.15) is 0 Å². The Hall–Kier alpha value is -0.320. The van der Waals surface area contributed by atoms with Crippen molar-refractivity contribution in [2.45, 2.75) is 78.6 Å². The maximum atomic E-state index is 8.92. The molecule has 0 aromatic heterocycles. The fraction of sp³-hybridized carbons (Fsp3) is 1.00. The van der Waals surface area contributed by atoms with E-state index in [1.807, 2.05) is 6.92 Å². The lowest BCUT2D eigenvalue weighted by Crippen LogP contribution is -2.24. The zero-order valence-electron chi connectivity index (χ0n) is 18.1. The van der Waals surface area contributed by atoms with Gasteiger partial charge in [-0.05, 0) is 33.6 Å². The van der Waals surface area contributed by atoms with Crippen molar-refractivity contribution in [2.24, 2.45) is 5.73 Å². The highest BCUT2D eigenvalue weighted by atomic mass is 16.5. The van der Waals surface area contributed by atoms with Crippen molar-refractivity contribution in [1.29, 1.82) is 0 Å². The molecular weight excluding hydrogens is 354 g/mol. The number of hydrogen-bond acceptors (Lipinski definition) is 8. The fourth-order valence-electron chi connectivity index (χ4n) is 0.928. The first-order chi connectivity index (χ1) is 12.8. The van der Waals surface area contributed by atoms with E-state index < -0.39 is 6.10 Å². The summed E-state index contributed by atoms with van der Waals surface area (Å²) in [7, 11) is 0. The molecule has 3 atom stereocenters. The van der Waals surface area contributed by atoms with E-state index in [0.29, 0.717) is 19.8 Å². The molecule has 170 valence electrons. The lowest BCUT2D eigenvalue weighted by molar-refractivity contribution is -0.0620. The van der Waals surface area contributed by atoms with Crippen LogP contribution in [0.2, 0.25) is 0 Å². The van der Waals surface area contributed by atoms with E-state index in [2.05, 4.69) is 13.8 Å². The average molecular weight is 402 g/mol. The Morgan fingerprint density at radius 2 is 1.15 bits per heavy atom. The molecule has 0 aromatic rings. The van der Waals surface area contributed by atoms with Crippen molar-refractivity contribution in [3.05, 3.63) is 0 Å². The molecule has 3 unspecified atom stereocenters. The summed E-state index contributed by atoms with van der Waals surface area (Å²) in [6.45, 7) is 11.3. The van der Waals surface area contributed by atoms with E-state index >= 15 is 0 Å². The number of hydrogen-bond donors (Lipinski definition) is 6. The van der Waals surface area contributed by atoms with Gasteiger partial charge in [0.2, 0.25) is 0 Å². The summed E-state index contributed by atoms with van der Waals surface area (Å²) in [4.78, 5) is 0. The van der Waals surface area contributed by atoms with Crippen molar-refractivity contribution >= 4 is 0 Å². The number of rotatable bonds is 12. The van der Waals surface area contributed by atoms with Crippen LogP contribution in [0.3, 0.4) is 0 Å². The fourth-order valence-corrected chi connectivity index (χ4v) is 0.928. The van der Waals surface area contributed by atoms with Crippen LogP contribution in [0.5, 0.6) is 0 Å². The van der Waals surface area contributed by atoms with Crippen LogP contribution in [0.15, 0.2) is 0 Å². The highest BCUT2D eigenvalue weighted by molar-refractivity contribution is 4.52. The zero-order valence-corrected chi connectivity index (χ0v) is 18.1. The van der Waals surface area contributed by atoms with Crippen LogP contribution in [0.1, 0.15) is 60.3 Å². The van der Waals surface area contributed by atoms with Gasteiger partial charge in [-0.15, -0.1) is 0 Å². The van der Waals surface area contributed by atoms with Gasteiger partial charge in [-0.1, -0.05) is 26.7 Å². The minimum atomic E-state index is -0.447. The number of aliphatic hydroxyl groups is 5. The van der Waals surface area contributed by atoms with E-state index in [0.717, 1.165) is 12.8 Å². The average Bonchev–Trinajstić information content (AvgIpc) is 2.69. The summed E-state index contributed by atoms with van der Waals surface area (Å²) >= 11 is 0. The molecule has 8 nitrogen and oxygen atoms in total. The minimum Gasteiger partial charge on any atom is -0.396 e. The predicted molar refractivity (Wildman–Crippen MR) is 110 cm³/mol. The lowest BCUT2D eigenvalue weighted by Gasteiger charge is -2.16. The van der Waals surface area contributed by atoms with Gasteiger partial charge in [0.1, 0.15) is 0 Å². The van der Waals surface area contributed by atoms with Gasteiger partial charge in [0, 0.05) is 19.8 Å². The Balaban J connectivity index is -0.000000156. The molecule has 0 saturated carbocycles. The molecule has 0 amide bonds. The molecule has 0 radical (unpaired) electrons. The van der Waals surface area contributed by atoms with Gasteiger partial charge >= 0.3 is 0 Å². The van der Waals surface area contributed by atoms with Gasteiger partial charge in [0.25, 0.3) is 0 Å². The van der Waals surface area contributed by atoms with Crippen LogP contribution in [0.4, 0.5) is 0 Å². The van der Waals surface area contributed by atoms with Gasteiger partial charge in [-0.3, -0.25) is 0 Å². The van der Waals surface area contributed by atoms with E-state index in [1.165, 1.54) is 12.8 Å². The first-order valence-corrected chi connectivity index (χ1v) is 9.85. The molecule has 0 rings (SSSR count). The largest absolute Gasteiger partial charge is 0.396 e. The first-order valence-electron chi connectivity index (χ1n) is 9.85. The van der Waals surface area contributed by atoms with Crippen LogP contribution in [-0.4, -0.2) is 90.0 Å². The molecule has 0 aliphatic heterocycles. The molecule has 0 aliphatic rings. The monoisotopic (exact) mass is 401 g/mol. The van der Waals surface area contributed by atoms with Crippen LogP contribution < -0.4 is 5.73 Å². The quantitative estimate of drug-likeness (QED) is 0.262. The van der Waals surface area contributed by atoms with Crippen LogP contribution in [0, 0.1) is 0 Å². The standard InChI is InChI=1S/C9H20O4.C4H10O2.C4H10.C2H7NO/c1-7(11)5-12-9(3)6-13-8(2)4-10;5-3-1-2-4-6;1-3-4-2;3-1-2-4/h7-11H,4-6H2,1-3H3;5-6H,1-4H2;3-4H2,1-2H3;4H,1-3H2. The van der Waals surface area contributed by atoms with E-state index in [4.69, 9.17) is 40.7 Å². The second-order valence-corrected chi connectivity index (χ2v) is 5.99. The molecule has 0 saturated heterocycles. The van der Waals surface area contributed by atoms with Crippen molar-refractivity contribution in [3.8, 4) is 0 Å². The lowest BCUT2D eigenvalue weighted by atomic mass is 10.3. The Morgan fingerprint density at radius 3 is 1.41 bits per heavy atom. The summed E-state index contributed by atoms with van der Waals surface area (Å²) in [5.41, 5.74) is 4.78. The summed E-state index contributed by atoms with van der Waals surface area (Å²) in [6, 6.07) is 0. The zero-order chi connectivity index (χ0) is 21.9. The minimum absolute atomic E-state index is 0.0170. The van der Waals surface area contributed by atoms with E-state index in [9.17, 15) is 0 Å². The molecule has 0 aromatic carbocycles. The molecule has 7 N–H and O–H groups in total. The Bertz CT molecular complexity index is 210. The van der Waals surface area contributed by atoms with Crippen LogP contribution in [-0.2, 0) is 9.47 Å². The first kappa shape index (κ1) is 34.2. The summed E-state index contributed by atoms with van der Waals surface area (Å²) in [5.74, 6) is 0. The molecule has 0 aliphatic carbocycles. The van der Waals surface area contributed by atoms with Crippen LogP contribution >= 0.6 is 0 Å². The van der Waals surface area contributed by atoms with Gasteiger partial charge in [0.15, 0.2) is 0 Å². The van der Waals surface area contributed by atoms with Gasteiger partial charge < -0.3 is 40.7 Å². The normalized spacial score (nSPS) is 13.0. The highest BCUT2D eigenvalue weighted by Gasteiger charge is 2.06. The maximum absolute atomic E-state index is 8.92. The SMILES string of the molecule is CC(O)COC(C)COC(C)CO.CCCC.NCCO.OCCCCO. The summed E-state index contributed by atoms with van der Waals surface area (Å²) in [6.07, 6.45) is 3.42. The smallest absolute Gasteiger partial charge is 0.0781 e. The molecule has 27 heavy (non-hydrogen) atoms. The maximum Gasteiger partial charge on any atom is 0.0781 e. The summed E-state index contributed by atoms with van der Waals surface area (Å²) in [5, 5.41) is 41.5. The molecule has 0 spiro atoms. The Morgan fingerprint density at radius 1 is 0.741 bits per heavy atom. The molecular formula is C19H47NO7. The predicted octanol–water partition coefficient (Wildman–Crippen LogP) is 0.665. The number of aliphatic hydroxyl groups excluding tert-OH is 5. The number of unbranched alkanes of at least 4 members (excludes halogenated alkanes) is 2.